The van der Waals surface area contributed by atoms with E-state index in [1.54, 1.807) is 0 Å². The minimum atomic E-state index is 0.200. The molecule has 2 heterocycles. The first-order chi connectivity index (χ1) is 15.6. The summed E-state index contributed by atoms with van der Waals surface area (Å²) in [5, 5.41) is 0. The summed E-state index contributed by atoms with van der Waals surface area (Å²) in [5.74, 6) is 0. The van der Waals surface area contributed by atoms with Gasteiger partial charge in [0, 0.05) is 12.7 Å². The molecule has 3 aromatic rings. The Bertz CT molecular complexity index is 1280. The van der Waals surface area contributed by atoms with E-state index in [2.05, 4.69) is 112 Å². The highest BCUT2D eigenvalue weighted by Gasteiger charge is 2.42. The van der Waals surface area contributed by atoms with Crippen molar-refractivity contribution < 1.29 is 0 Å². The second-order valence-corrected chi connectivity index (χ2v) is 11.7. The Kier molecular flexibility index (Phi) is 4.11. The molecule has 0 fully saturated rings. The van der Waals surface area contributed by atoms with Crippen molar-refractivity contribution in [3.8, 4) is 0 Å². The lowest BCUT2D eigenvalue weighted by molar-refractivity contribution is 0.332. The molecule has 6 rings (SSSR count). The molecule has 0 bridgehead atoms. The summed E-state index contributed by atoms with van der Waals surface area (Å²) in [7, 11) is 2.23. The van der Waals surface area contributed by atoms with Gasteiger partial charge in [0.25, 0.3) is 0 Å². The quantitative estimate of drug-likeness (QED) is 0.382. The molecule has 0 amide bonds. The maximum atomic E-state index is 2.55. The number of rotatable bonds is 1. The zero-order valence-corrected chi connectivity index (χ0v) is 21.1. The SMILES string of the molecule is Cc1cc(C)cc(N2CN3c4cc5c(cc4N(C)c4cccc2c43)C(C)(C)CCC5(C)C)c1. The Hall–Kier alpha value is -2.94. The van der Waals surface area contributed by atoms with Crippen molar-refractivity contribution in [1.82, 2.24) is 0 Å². The van der Waals surface area contributed by atoms with E-state index in [9.17, 15) is 0 Å². The lowest BCUT2D eigenvalue weighted by atomic mass is 9.63. The van der Waals surface area contributed by atoms with E-state index in [-0.39, 0.29) is 10.8 Å². The largest absolute Gasteiger partial charge is 0.341 e. The van der Waals surface area contributed by atoms with Gasteiger partial charge in [0.15, 0.2) is 0 Å². The fourth-order valence-electron chi connectivity index (χ4n) is 6.30. The molecule has 0 radical (unpaired) electrons. The highest BCUT2D eigenvalue weighted by molar-refractivity contribution is 6.03. The van der Waals surface area contributed by atoms with Crippen LogP contribution >= 0.6 is 0 Å². The zero-order chi connectivity index (χ0) is 23.3. The lowest BCUT2D eigenvalue weighted by Crippen LogP contribution is -2.36. The molecule has 0 unspecified atom stereocenters. The van der Waals surface area contributed by atoms with Gasteiger partial charge in [0.1, 0.15) is 6.67 Å². The molecule has 0 saturated carbocycles. The molecular formula is C30H35N3. The highest BCUT2D eigenvalue weighted by Crippen LogP contribution is 2.58. The van der Waals surface area contributed by atoms with Crippen LogP contribution in [-0.4, -0.2) is 13.7 Å². The molecule has 0 saturated heterocycles. The fourth-order valence-corrected chi connectivity index (χ4v) is 6.30. The van der Waals surface area contributed by atoms with Crippen LogP contribution in [0.5, 0.6) is 0 Å². The fraction of sp³-hybridized carbons (Fsp3) is 0.400. The molecule has 0 N–H and O–H groups in total. The maximum Gasteiger partial charge on any atom is 0.100 e. The van der Waals surface area contributed by atoms with Crippen molar-refractivity contribution in [2.45, 2.75) is 65.2 Å². The minimum absolute atomic E-state index is 0.200. The predicted octanol–water partition coefficient (Wildman–Crippen LogP) is 7.98. The van der Waals surface area contributed by atoms with Gasteiger partial charge in [0.2, 0.25) is 0 Å². The zero-order valence-electron chi connectivity index (χ0n) is 21.1. The van der Waals surface area contributed by atoms with Crippen LogP contribution in [0.15, 0.2) is 48.5 Å². The monoisotopic (exact) mass is 437 g/mol. The van der Waals surface area contributed by atoms with Crippen molar-refractivity contribution in [3.05, 3.63) is 70.8 Å². The van der Waals surface area contributed by atoms with Crippen molar-refractivity contribution in [3.63, 3.8) is 0 Å². The van der Waals surface area contributed by atoms with Crippen LogP contribution in [0.1, 0.15) is 62.8 Å². The van der Waals surface area contributed by atoms with Crippen molar-refractivity contribution in [1.29, 1.82) is 0 Å². The number of nitrogens with zero attached hydrogens (tertiary/aromatic N) is 3. The first-order valence-corrected chi connectivity index (χ1v) is 12.3. The topological polar surface area (TPSA) is 9.72 Å². The van der Waals surface area contributed by atoms with Gasteiger partial charge in [-0.15, -0.1) is 0 Å². The number of fused-ring (bicyclic) bond motifs is 3. The number of hydrogen-bond acceptors (Lipinski definition) is 3. The Morgan fingerprint density at radius 1 is 0.667 bits per heavy atom. The van der Waals surface area contributed by atoms with E-state index in [0.29, 0.717) is 0 Å². The summed E-state index contributed by atoms with van der Waals surface area (Å²) in [4.78, 5) is 7.44. The molecular weight excluding hydrogens is 402 g/mol. The smallest absolute Gasteiger partial charge is 0.100 e. The normalized spacial score (nSPS) is 19.3. The van der Waals surface area contributed by atoms with Crippen LogP contribution in [0.4, 0.5) is 34.1 Å². The average molecular weight is 438 g/mol. The first kappa shape index (κ1) is 20.7. The van der Waals surface area contributed by atoms with Crippen molar-refractivity contribution in [2.75, 3.05) is 28.4 Å². The summed E-state index contributed by atoms with van der Waals surface area (Å²) in [6.07, 6.45) is 2.47. The van der Waals surface area contributed by atoms with Gasteiger partial charge in [-0.2, -0.15) is 0 Å². The van der Waals surface area contributed by atoms with E-state index in [1.807, 2.05) is 0 Å². The molecule has 3 nitrogen and oxygen atoms in total. The second-order valence-electron chi connectivity index (χ2n) is 11.7. The number of aryl methyl sites for hydroxylation is 2. The molecule has 3 heteroatoms. The maximum absolute atomic E-state index is 2.55. The summed E-state index contributed by atoms with van der Waals surface area (Å²) in [6.45, 7) is 14.9. The third-order valence-corrected chi connectivity index (χ3v) is 8.32. The Balaban J connectivity index is 1.57. The summed E-state index contributed by atoms with van der Waals surface area (Å²) >= 11 is 0. The molecule has 0 aromatic heterocycles. The third-order valence-electron chi connectivity index (χ3n) is 8.32. The predicted molar refractivity (Wildman–Crippen MR) is 141 cm³/mol. The molecule has 3 aromatic carbocycles. The van der Waals surface area contributed by atoms with E-state index < -0.39 is 0 Å². The minimum Gasteiger partial charge on any atom is -0.341 e. The molecule has 3 aliphatic rings. The van der Waals surface area contributed by atoms with Crippen molar-refractivity contribution in [2.24, 2.45) is 0 Å². The van der Waals surface area contributed by atoms with Crippen LogP contribution in [-0.2, 0) is 10.8 Å². The van der Waals surface area contributed by atoms with Crippen LogP contribution in [0.3, 0.4) is 0 Å². The first-order valence-electron chi connectivity index (χ1n) is 12.3. The van der Waals surface area contributed by atoms with Crippen LogP contribution < -0.4 is 14.7 Å². The van der Waals surface area contributed by atoms with Gasteiger partial charge in [0.05, 0.1) is 28.4 Å². The van der Waals surface area contributed by atoms with Gasteiger partial charge >= 0.3 is 0 Å². The van der Waals surface area contributed by atoms with Crippen LogP contribution in [0.2, 0.25) is 0 Å². The molecule has 2 aliphatic heterocycles. The lowest BCUT2D eigenvalue weighted by Gasteiger charge is -2.44. The number of hydrogen-bond donors (Lipinski definition) is 0. The van der Waals surface area contributed by atoms with Crippen molar-refractivity contribution >= 4 is 34.1 Å². The Labute approximate surface area is 198 Å². The van der Waals surface area contributed by atoms with Gasteiger partial charge in [-0.3, -0.25) is 0 Å². The molecule has 33 heavy (non-hydrogen) atoms. The molecule has 1 aliphatic carbocycles. The second kappa shape index (κ2) is 6.56. The summed E-state index contributed by atoms with van der Waals surface area (Å²) < 4.78 is 0. The van der Waals surface area contributed by atoms with Gasteiger partial charge in [-0.1, -0.05) is 39.8 Å². The number of benzene rings is 3. The van der Waals surface area contributed by atoms with E-state index in [4.69, 9.17) is 0 Å². The van der Waals surface area contributed by atoms with E-state index in [1.165, 1.54) is 69.2 Å². The summed E-state index contributed by atoms with van der Waals surface area (Å²) in [6, 6.07) is 18.7. The van der Waals surface area contributed by atoms with Crippen LogP contribution in [0, 0.1) is 13.8 Å². The molecule has 0 atom stereocenters. The number of para-hydroxylation sites is 1. The highest BCUT2D eigenvalue weighted by atomic mass is 15.4. The average Bonchev–Trinajstić information content (AvgIpc) is 3.15. The van der Waals surface area contributed by atoms with E-state index in [0.717, 1.165) is 6.67 Å². The molecule has 0 spiro atoms. The van der Waals surface area contributed by atoms with Gasteiger partial charge < -0.3 is 14.7 Å². The Morgan fingerprint density at radius 3 is 1.88 bits per heavy atom. The molecule has 170 valence electrons. The third kappa shape index (κ3) is 2.87. The number of anilines is 6. The Morgan fingerprint density at radius 2 is 1.24 bits per heavy atom. The summed E-state index contributed by atoms with van der Waals surface area (Å²) in [5.41, 5.74) is 13.9. The van der Waals surface area contributed by atoms with Gasteiger partial charge in [-0.25, -0.2) is 0 Å². The van der Waals surface area contributed by atoms with Gasteiger partial charge in [-0.05, 0) is 96.2 Å². The van der Waals surface area contributed by atoms with Crippen LogP contribution in [0.25, 0.3) is 0 Å². The standard InChI is InChI=1S/C30H35N3/c1-19-13-20(2)15-21(14-19)32-18-33-27-17-23-22(29(3,4)11-12-30(23,5)6)16-26(27)31(7)24-9-8-10-25(32)28(24)33/h8-10,13-17H,11-12,18H2,1-7H3. The van der Waals surface area contributed by atoms with E-state index >= 15 is 0 Å².